The monoisotopic (exact) mass is 384 g/mol. The molecule has 0 spiro atoms. The highest BCUT2D eigenvalue weighted by atomic mass is 16.5. The molecule has 0 atom stereocenters. The lowest BCUT2D eigenvalue weighted by atomic mass is 10.1. The molecule has 0 aliphatic carbocycles. The van der Waals surface area contributed by atoms with Gasteiger partial charge in [-0.2, -0.15) is 0 Å². The second kappa shape index (κ2) is 9.06. The Bertz CT molecular complexity index is 920. The summed E-state index contributed by atoms with van der Waals surface area (Å²) in [5.41, 5.74) is 2.07. The summed E-state index contributed by atoms with van der Waals surface area (Å²) in [4.78, 5) is 28.5. The molecule has 0 radical (unpaired) electrons. The Morgan fingerprint density at radius 1 is 1.14 bits per heavy atom. The minimum atomic E-state index is -0.395. The van der Waals surface area contributed by atoms with Gasteiger partial charge in [0.25, 0.3) is 5.91 Å². The van der Waals surface area contributed by atoms with Crippen molar-refractivity contribution in [2.45, 2.75) is 27.2 Å². The number of fused-ring (bicyclic) bond motifs is 1. The molecule has 3 rings (SSSR count). The van der Waals surface area contributed by atoms with Crippen LogP contribution in [-0.4, -0.2) is 55.0 Å². The number of carbonyl (C=O) groups excluding carboxylic acids is 1. The van der Waals surface area contributed by atoms with Gasteiger partial charge in [-0.25, -0.2) is 4.79 Å². The number of hydrogen-bond acceptors (Lipinski definition) is 5. The fourth-order valence-corrected chi connectivity index (χ4v) is 3.35. The Labute approximate surface area is 165 Å². The molecule has 150 valence electrons. The molecular formula is C22H28N2O4. The Hall–Kier alpha value is -2.60. The number of ether oxygens (including phenoxy) is 1. The van der Waals surface area contributed by atoms with E-state index in [0.717, 1.165) is 49.2 Å². The predicted octanol–water partition coefficient (Wildman–Crippen LogP) is 2.84. The van der Waals surface area contributed by atoms with Gasteiger partial charge in [-0.05, 0) is 45.0 Å². The highest BCUT2D eigenvalue weighted by Gasteiger charge is 2.21. The minimum Gasteiger partial charge on any atom is -0.483 e. The molecule has 1 amide bonds. The number of benzene rings is 1. The molecule has 1 aromatic heterocycles. The van der Waals surface area contributed by atoms with Crippen LogP contribution < -0.4 is 10.4 Å². The largest absolute Gasteiger partial charge is 0.483 e. The van der Waals surface area contributed by atoms with Gasteiger partial charge in [0.05, 0.1) is 0 Å². The Morgan fingerprint density at radius 3 is 2.54 bits per heavy atom. The number of likely N-dealkylation sites (N-methyl/N-ethyl adjacent to an activating group) is 1. The zero-order valence-electron chi connectivity index (χ0n) is 16.9. The molecule has 6 nitrogen and oxygen atoms in total. The molecule has 2 aromatic rings. The topological polar surface area (TPSA) is 63.0 Å². The van der Waals surface area contributed by atoms with Gasteiger partial charge in [-0.3, -0.25) is 4.79 Å². The van der Waals surface area contributed by atoms with E-state index in [-0.39, 0.29) is 12.5 Å². The summed E-state index contributed by atoms with van der Waals surface area (Å²) >= 11 is 0. The molecule has 6 heteroatoms. The van der Waals surface area contributed by atoms with Crippen molar-refractivity contribution in [1.29, 1.82) is 0 Å². The van der Waals surface area contributed by atoms with Crippen LogP contribution in [0.1, 0.15) is 26.3 Å². The molecule has 28 heavy (non-hydrogen) atoms. The van der Waals surface area contributed by atoms with Crippen molar-refractivity contribution in [3.8, 4) is 5.75 Å². The van der Waals surface area contributed by atoms with Crippen LogP contribution >= 0.6 is 0 Å². The van der Waals surface area contributed by atoms with Gasteiger partial charge in [-0.15, -0.1) is 0 Å². The number of nitrogens with zero attached hydrogens (tertiary/aromatic N) is 2. The highest BCUT2D eigenvalue weighted by molar-refractivity contribution is 5.83. The standard InChI is InChI=1S/C22H28N2O4/c1-4-23-11-13-24(14-12-23)20(25)15-27-19-9-6-17-7-10-21(26)28-22(17)18(19)8-5-16(2)3/h5-7,9-10H,4,8,11-15H2,1-3H3. The van der Waals surface area contributed by atoms with E-state index in [2.05, 4.69) is 17.9 Å². The highest BCUT2D eigenvalue weighted by Crippen LogP contribution is 2.28. The van der Waals surface area contributed by atoms with Crippen molar-refractivity contribution < 1.29 is 13.9 Å². The molecule has 0 N–H and O–H groups in total. The van der Waals surface area contributed by atoms with Gasteiger partial charge in [0.2, 0.25) is 0 Å². The lowest BCUT2D eigenvalue weighted by Gasteiger charge is -2.34. The first kappa shape index (κ1) is 20.1. The summed E-state index contributed by atoms with van der Waals surface area (Å²) in [5, 5.41) is 0.839. The van der Waals surface area contributed by atoms with E-state index in [0.29, 0.717) is 17.8 Å². The zero-order valence-corrected chi connectivity index (χ0v) is 16.9. The van der Waals surface area contributed by atoms with E-state index in [1.54, 1.807) is 6.07 Å². The molecule has 0 bridgehead atoms. The summed E-state index contributed by atoms with van der Waals surface area (Å²) in [5.74, 6) is 0.568. The maximum atomic E-state index is 12.6. The number of piperazine rings is 1. The lowest BCUT2D eigenvalue weighted by molar-refractivity contribution is -0.135. The van der Waals surface area contributed by atoms with E-state index in [1.807, 2.05) is 30.9 Å². The van der Waals surface area contributed by atoms with Gasteiger partial charge in [0, 0.05) is 43.2 Å². The Morgan fingerprint density at radius 2 is 1.86 bits per heavy atom. The third kappa shape index (κ3) is 4.81. The number of hydrogen-bond donors (Lipinski definition) is 0. The molecule has 1 fully saturated rings. The summed E-state index contributed by atoms with van der Waals surface area (Å²) < 4.78 is 11.3. The number of amides is 1. The quantitative estimate of drug-likeness (QED) is 0.566. The normalized spacial score (nSPS) is 14.9. The molecule has 1 saturated heterocycles. The van der Waals surface area contributed by atoms with Crippen LogP contribution in [0.4, 0.5) is 0 Å². The van der Waals surface area contributed by atoms with Crippen LogP contribution in [0, 0.1) is 0 Å². The van der Waals surface area contributed by atoms with Gasteiger partial charge in [0.15, 0.2) is 6.61 Å². The van der Waals surface area contributed by atoms with Crippen LogP contribution in [0.5, 0.6) is 5.75 Å². The third-order valence-corrected chi connectivity index (χ3v) is 5.09. The number of carbonyl (C=O) groups is 1. The predicted molar refractivity (Wildman–Crippen MR) is 110 cm³/mol. The van der Waals surface area contributed by atoms with E-state index >= 15 is 0 Å². The van der Waals surface area contributed by atoms with E-state index in [9.17, 15) is 9.59 Å². The Balaban J connectivity index is 1.78. The van der Waals surface area contributed by atoms with Gasteiger partial charge in [0.1, 0.15) is 11.3 Å². The van der Waals surface area contributed by atoms with Crippen molar-refractivity contribution in [1.82, 2.24) is 9.80 Å². The van der Waals surface area contributed by atoms with Crippen molar-refractivity contribution in [3.05, 3.63) is 51.9 Å². The third-order valence-electron chi connectivity index (χ3n) is 5.09. The first-order chi connectivity index (χ1) is 13.5. The second-order valence-electron chi connectivity index (χ2n) is 7.30. The molecule has 1 aliphatic rings. The zero-order chi connectivity index (χ0) is 20.1. The van der Waals surface area contributed by atoms with Crippen LogP contribution in [0.15, 0.2) is 45.1 Å². The van der Waals surface area contributed by atoms with Crippen molar-refractivity contribution in [3.63, 3.8) is 0 Å². The molecule has 0 unspecified atom stereocenters. The van der Waals surface area contributed by atoms with Crippen molar-refractivity contribution in [2.24, 2.45) is 0 Å². The molecule has 1 aliphatic heterocycles. The minimum absolute atomic E-state index is 0.0153. The molecule has 0 saturated carbocycles. The average Bonchev–Trinajstić information content (AvgIpc) is 2.70. The summed E-state index contributed by atoms with van der Waals surface area (Å²) in [6.45, 7) is 10.4. The smallest absolute Gasteiger partial charge is 0.336 e. The Kier molecular flexibility index (Phi) is 6.52. The van der Waals surface area contributed by atoms with Gasteiger partial charge >= 0.3 is 5.63 Å². The first-order valence-electron chi connectivity index (χ1n) is 9.80. The molecule has 2 heterocycles. The van der Waals surface area contributed by atoms with E-state index in [4.69, 9.17) is 9.15 Å². The molecule has 1 aromatic carbocycles. The number of allylic oxidation sites excluding steroid dienone is 2. The van der Waals surface area contributed by atoms with Crippen LogP contribution in [0.3, 0.4) is 0 Å². The van der Waals surface area contributed by atoms with E-state index in [1.165, 1.54) is 6.07 Å². The maximum Gasteiger partial charge on any atom is 0.336 e. The van der Waals surface area contributed by atoms with Crippen LogP contribution in [0.25, 0.3) is 11.0 Å². The number of rotatable bonds is 6. The van der Waals surface area contributed by atoms with Crippen molar-refractivity contribution >= 4 is 16.9 Å². The fourth-order valence-electron chi connectivity index (χ4n) is 3.35. The van der Waals surface area contributed by atoms with Crippen LogP contribution in [-0.2, 0) is 11.2 Å². The average molecular weight is 384 g/mol. The lowest BCUT2D eigenvalue weighted by Crippen LogP contribution is -2.49. The SMILES string of the molecule is CCN1CCN(C(=O)COc2ccc3ccc(=O)oc3c2CC=C(C)C)CC1. The van der Waals surface area contributed by atoms with Gasteiger partial charge in [-0.1, -0.05) is 18.6 Å². The molecular weight excluding hydrogens is 356 g/mol. The van der Waals surface area contributed by atoms with Crippen molar-refractivity contribution in [2.75, 3.05) is 39.3 Å². The van der Waals surface area contributed by atoms with Crippen LogP contribution in [0.2, 0.25) is 0 Å². The van der Waals surface area contributed by atoms with Gasteiger partial charge < -0.3 is 19.0 Å². The fraction of sp³-hybridized carbons (Fsp3) is 0.455. The maximum absolute atomic E-state index is 12.6. The first-order valence-corrected chi connectivity index (χ1v) is 9.80. The second-order valence-corrected chi connectivity index (χ2v) is 7.30. The summed E-state index contributed by atoms with van der Waals surface area (Å²) in [7, 11) is 0. The summed E-state index contributed by atoms with van der Waals surface area (Å²) in [6, 6.07) is 6.85. The summed E-state index contributed by atoms with van der Waals surface area (Å²) in [6.07, 6.45) is 2.63. The van der Waals surface area contributed by atoms with E-state index < -0.39 is 5.63 Å².